The van der Waals surface area contributed by atoms with E-state index in [0.29, 0.717) is 5.92 Å². The lowest BCUT2D eigenvalue weighted by Crippen LogP contribution is -1.84. The van der Waals surface area contributed by atoms with E-state index in [0.717, 1.165) is 5.52 Å². The van der Waals surface area contributed by atoms with Gasteiger partial charge in [-0.05, 0) is 18.1 Å². The molecule has 2 nitrogen and oxygen atoms in total. The van der Waals surface area contributed by atoms with Gasteiger partial charge in [-0.25, -0.2) is 0 Å². The smallest absolute Gasteiger partial charge is 0.0642 e. The van der Waals surface area contributed by atoms with E-state index in [9.17, 15) is 0 Å². The summed E-state index contributed by atoms with van der Waals surface area (Å²) in [5.41, 5.74) is 2.40. The summed E-state index contributed by atoms with van der Waals surface area (Å²) in [6.07, 6.45) is 3.68. The highest BCUT2D eigenvalue weighted by atomic mass is 14.7. The molecule has 0 unspecified atom stereocenters. The second-order valence-electron chi connectivity index (χ2n) is 3.34. The maximum atomic E-state index is 4.05. The minimum absolute atomic E-state index is 0.553. The Morgan fingerprint density at radius 1 is 1.29 bits per heavy atom. The van der Waals surface area contributed by atoms with Crippen LogP contribution in [0.5, 0.6) is 0 Å². The first-order valence-electron chi connectivity index (χ1n) is 5.20. The van der Waals surface area contributed by atoms with Gasteiger partial charge >= 0.3 is 0 Å². The second kappa shape index (κ2) is 4.80. The summed E-state index contributed by atoms with van der Waals surface area (Å²) in [7, 11) is 0. The predicted molar refractivity (Wildman–Crippen MR) is 61.5 cm³/mol. The maximum Gasteiger partial charge on any atom is 0.0642 e. The van der Waals surface area contributed by atoms with Gasteiger partial charge < -0.3 is 4.98 Å². The van der Waals surface area contributed by atoms with Crippen molar-refractivity contribution in [3.8, 4) is 0 Å². The topological polar surface area (TPSA) is 28.7 Å². The van der Waals surface area contributed by atoms with E-state index in [4.69, 9.17) is 0 Å². The van der Waals surface area contributed by atoms with Gasteiger partial charge in [0, 0.05) is 17.3 Å². The number of fused-ring (bicyclic) bond motifs is 1. The maximum absolute atomic E-state index is 4.05. The van der Waals surface area contributed by atoms with Crippen molar-refractivity contribution in [3.63, 3.8) is 0 Å². The van der Waals surface area contributed by atoms with Crippen LogP contribution in [-0.2, 0) is 0 Å². The fourth-order valence-corrected chi connectivity index (χ4v) is 1.31. The normalized spacial score (nSPS) is 10.1. The fraction of sp³-hybridized carbons (Fsp3) is 0.417. The first-order valence-corrected chi connectivity index (χ1v) is 5.20. The Hall–Kier alpha value is -1.31. The molecule has 0 fully saturated rings. The Kier molecular flexibility index (Phi) is 3.69. The highest BCUT2D eigenvalue weighted by Gasteiger charge is 2.02. The molecular weight excluding hydrogens is 172 g/mol. The van der Waals surface area contributed by atoms with E-state index in [2.05, 4.69) is 29.9 Å². The van der Waals surface area contributed by atoms with Gasteiger partial charge in [-0.15, -0.1) is 0 Å². The number of H-pyrrole nitrogens is 1. The van der Waals surface area contributed by atoms with E-state index in [1.54, 1.807) is 0 Å². The SMILES string of the molecule is CC.CC(C)c1cc2ccncc2[nH]1. The Bertz CT molecular complexity index is 355. The number of rotatable bonds is 1. The van der Waals surface area contributed by atoms with E-state index in [-0.39, 0.29) is 0 Å². The van der Waals surface area contributed by atoms with E-state index < -0.39 is 0 Å². The third kappa shape index (κ3) is 2.13. The van der Waals surface area contributed by atoms with Crippen LogP contribution in [-0.4, -0.2) is 9.97 Å². The molecule has 0 aromatic carbocycles. The Labute approximate surface area is 85.4 Å². The summed E-state index contributed by atoms with van der Waals surface area (Å²) in [5.74, 6) is 0.553. The molecule has 76 valence electrons. The lowest BCUT2D eigenvalue weighted by atomic mass is 10.1. The number of pyridine rings is 1. The zero-order valence-electron chi connectivity index (χ0n) is 9.33. The highest BCUT2D eigenvalue weighted by molar-refractivity contribution is 5.79. The molecule has 0 amide bonds. The Balaban J connectivity index is 0.000000461. The average molecular weight is 190 g/mol. The predicted octanol–water partition coefficient (Wildman–Crippen LogP) is 3.71. The molecule has 2 heteroatoms. The zero-order chi connectivity index (χ0) is 10.6. The average Bonchev–Trinajstić information content (AvgIpc) is 2.64. The standard InChI is InChI=1S/C10H12N2.C2H6/c1-7(2)9-5-8-3-4-11-6-10(8)12-9;1-2/h3-7,12H,1-2H3;1-2H3. The Morgan fingerprint density at radius 2 is 2.00 bits per heavy atom. The van der Waals surface area contributed by atoms with Crippen LogP contribution in [0.1, 0.15) is 39.3 Å². The summed E-state index contributed by atoms with van der Waals surface area (Å²) >= 11 is 0. The van der Waals surface area contributed by atoms with Gasteiger partial charge in [-0.1, -0.05) is 27.7 Å². The van der Waals surface area contributed by atoms with Crippen molar-refractivity contribution < 1.29 is 0 Å². The van der Waals surface area contributed by atoms with Gasteiger partial charge in [-0.2, -0.15) is 0 Å². The summed E-state index contributed by atoms with van der Waals surface area (Å²) in [6, 6.07) is 4.21. The van der Waals surface area contributed by atoms with E-state index >= 15 is 0 Å². The van der Waals surface area contributed by atoms with E-state index in [1.807, 2.05) is 32.3 Å². The molecule has 0 radical (unpaired) electrons. The second-order valence-corrected chi connectivity index (χ2v) is 3.34. The van der Waals surface area contributed by atoms with Crippen LogP contribution >= 0.6 is 0 Å². The molecule has 2 heterocycles. The van der Waals surface area contributed by atoms with Crippen LogP contribution in [0.3, 0.4) is 0 Å². The Morgan fingerprint density at radius 3 is 2.57 bits per heavy atom. The van der Waals surface area contributed by atoms with Crippen LogP contribution in [0.25, 0.3) is 10.9 Å². The minimum Gasteiger partial charge on any atom is -0.357 e. The van der Waals surface area contributed by atoms with Crippen LogP contribution in [0, 0.1) is 0 Å². The molecule has 0 saturated carbocycles. The lowest BCUT2D eigenvalue weighted by molar-refractivity contribution is 0.836. The molecular formula is C12H18N2. The monoisotopic (exact) mass is 190 g/mol. The first kappa shape index (κ1) is 10.8. The third-order valence-electron chi connectivity index (χ3n) is 2.07. The first-order chi connectivity index (χ1) is 6.77. The minimum atomic E-state index is 0.553. The molecule has 2 aromatic heterocycles. The summed E-state index contributed by atoms with van der Waals surface area (Å²) < 4.78 is 0. The van der Waals surface area contributed by atoms with Gasteiger partial charge in [-0.3, -0.25) is 4.98 Å². The molecule has 0 atom stereocenters. The van der Waals surface area contributed by atoms with E-state index in [1.165, 1.54) is 11.1 Å². The number of hydrogen-bond acceptors (Lipinski definition) is 1. The van der Waals surface area contributed by atoms with Crippen molar-refractivity contribution in [1.82, 2.24) is 9.97 Å². The molecule has 0 aliphatic carbocycles. The summed E-state index contributed by atoms with van der Waals surface area (Å²) in [4.78, 5) is 7.39. The third-order valence-corrected chi connectivity index (χ3v) is 2.07. The van der Waals surface area contributed by atoms with Crippen molar-refractivity contribution in [2.45, 2.75) is 33.6 Å². The van der Waals surface area contributed by atoms with Crippen molar-refractivity contribution >= 4 is 10.9 Å². The van der Waals surface area contributed by atoms with Gasteiger partial charge in [0.25, 0.3) is 0 Å². The molecule has 0 aliphatic rings. The number of hydrogen-bond donors (Lipinski definition) is 1. The largest absolute Gasteiger partial charge is 0.357 e. The molecule has 2 aromatic rings. The van der Waals surface area contributed by atoms with Crippen molar-refractivity contribution in [1.29, 1.82) is 0 Å². The van der Waals surface area contributed by atoms with Crippen molar-refractivity contribution in [3.05, 3.63) is 30.2 Å². The summed E-state index contributed by atoms with van der Waals surface area (Å²) in [5, 5.41) is 1.24. The molecule has 0 saturated heterocycles. The van der Waals surface area contributed by atoms with Crippen LogP contribution in [0.2, 0.25) is 0 Å². The van der Waals surface area contributed by atoms with Crippen LogP contribution < -0.4 is 0 Å². The number of aromatic amines is 1. The van der Waals surface area contributed by atoms with Crippen LogP contribution in [0.15, 0.2) is 24.5 Å². The number of nitrogens with one attached hydrogen (secondary N) is 1. The molecule has 0 aliphatic heterocycles. The van der Waals surface area contributed by atoms with Gasteiger partial charge in [0.2, 0.25) is 0 Å². The van der Waals surface area contributed by atoms with Gasteiger partial charge in [0.1, 0.15) is 0 Å². The molecule has 2 rings (SSSR count). The van der Waals surface area contributed by atoms with Gasteiger partial charge in [0.05, 0.1) is 11.7 Å². The van der Waals surface area contributed by atoms with Crippen molar-refractivity contribution in [2.75, 3.05) is 0 Å². The zero-order valence-corrected chi connectivity index (χ0v) is 9.33. The lowest BCUT2D eigenvalue weighted by Gasteiger charge is -1.97. The van der Waals surface area contributed by atoms with Crippen molar-refractivity contribution in [2.24, 2.45) is 0 Å². The van der Waals surface area contributed by atoms with Gasteiger partial charge in [0.15, 0.2) is 0 Å². The summed E-state index contributed by atoms with van der Waals surface area (Å²) in [6.45, 7) is 8.36. The number of nitrogens with zero attached hydrogens (tertiary/aromatic N) is 1. The quantitative estimate of drug-likeness (QED) is 0.729. The fourth-order valence-electron chi connectivity index (χ4n) is 1.31. The molecule has 1 N–H and O–H groups in total. The molecule has 14 heavy (non-hydrogen) atoms. The highest BCUT2D eigenvalue weighted by Crippen LogP contribution is 2.19. The molecule has 0 bridgehead atoms. The van der Waals surface area contributed by atoms with Crippen LogP contribution in [0.4, 0.5) is 0 Å². The number of aromatic nitrogens is 2. The molecule has 0 spiro atoms.